The number of amides is 2. The molecule has 0 radical (unpaired) electrons. The Hall–Kier alpha value is -0.900. The van der Waals surface area contributed by atoms with E-state index in [1.807, 2.05) is 0 Å². The third kappa shape index (κ3) is 1.54. The molecular weight excluding hydrogens is 180 g/mol. The molecule has 2 fully saturated rings. The number of piperidine rings is 2. The number of rotatable bonds is 0. The second-order valence-corrected chi connectivity index (χ2v) is 4.45. The Balaban J connectivity index is 2.14. The lowest BCUT2D eigenvalue weighted by Gasteiger charge is -2.41. The van der Waals surface area contributed by atoms with Crippen molar-refractivity contribution in [1.29, 1.82) is 0 Å². The third-order valence-corrected chi connectivity index (χ3v) is 3.46. The summed E-state index contributed by atoms with van der Waals surface area (Å²) in [5, 5.41) is 3.26. The minimum Gasteiger partial charge on any atom is -0.317 e. The molecule has 0 bridgehead atoms. The molecule has 78 valence electrons. The minimum absolute atomic E-state index is 0.0110. The maximum absolute atomic E-state index is 11.6. The molecule has 4 heteroatoms. The van der Waals surface area contributed by atoms with Gasteiger partial charge >= 0.3 is 0 Å². The van der Waals surface area contributed by atoms with Crippen LogP contribution in [0.25, 0.3) is 0 Å². The van der Waals surface area contributed by atoms with Crippen LogP contribution in [-0.4, -0.2) is 36.9 Å². The highest BCUT2D eigenvalue weighted by atomic mass is 16.2. The van der Waals surface area contributed by atoms with Gasteiger partial charge in [0.15, 0.2) is 0 Å². The third-order valence-electron chi connectivity index (χ3n) is 3.46. The zero-order chi connectivity index (χ0) is 10.2. The molecule has 14 heavy (non-hydrogen) atoms. The smallest absolute Gasteiger partial charge is 0.229 e. The summed E-state index contributed by atoms with van der Waals surface area (Å²) in [6.45, 7) is 1.87. The summed E-state index contributed by atoms with van der Waals surface area (Å²) in [4.78, 5) is 24.4. The zero-order valence-corrected chi connectivity index (χ0v) is 8.51. The summed E-state index contributed by atoms with van der Waals surface area (Å²) in [6.07, 6.45) is 3.02. The highest BCUT2D eigenvalue weighted by molar-refractivity contribution is 5.98. The molecule has 0 aromatic heterocycles. The zero-order valence-electron chi connectivity index (χ0n) is 8.51. The van der Waals surface area contributed by atoms with Gasteiger partial charge in [0.25, 0.3) is 0 Å². The van der Waals surface area contributed by atoms with Gasteiger partial charge < -0.3 is 5.32 Å². The molecule has 0 aromatic carbocycles. The van der Waals surface area contributed by atoms with Crippen molar-refractivity contribution in [2.24, 2.45) is 5.41 Å². The van der Waals surface area contributed by atoms with Crippen LogP contribution < -0.4 is 5.32 Å². The Morgan fingerprint density at radius 3 is 2.14 bits per heavy atom. The fraction of sp³-hybridized carbons (Fsp3) is 0.800. The van der Waals surface area contributed by atoms with E-state index in [9.17, 15) is 9.59 Å². The lowest BCUT2D eigenvalue weighted by molar-refractivity contribution is -0.152. The normalized spacial score (nSPS) is 27.1. The maximum atomic E-state index is 11.6. The van der Waals surface area contributed by atoms with Crippen molar-refractivity contribution < 1.29 is 9.59 Å². The van der Waals surface area contributed by atoms with Gasteiger partial charge in [-0.15, -0.1) is 0 Å². The van der Waals surface area contributed by atoms with Gasteiger partial charge in [-0.3, -0.25) is 14.5 Å². The molecule has 0 saturated carbocycles. The van der Waals surface area contributed by atoms with E-state index in [0.717, 1.165) is 25.9 Å². The van der Waals surface area contributed by atoms with Crippen LogP contribution in [0.5, 0.6) is 0 Å². The first-order valence-corrected chi connectivity index (χ1v) is 5.13. The van der Waals surface area contributed by atoms with Crippen molar-refractivity contribution in [2.75, 3.05) is 20.1 Å². The molecule has 1 spiro atoms. The van der Waals surface area contributed by atoms with E-state index < -0.39 is 0 Å². The Kier molecular flexibility index (Phi) is 2.31. The summed E-state index contributed by atoms with van der Waals surface area (Å²) >= 11 is 0. The number of hydrogen-bond donors (Lipinski definition) is 1. The molecule has 4 nitrogen and oxygen atoms in total. The second-order valence-electron chi connectivity index (χ2n) is 4.45. The van der Waals surface area contributed by atoms with Crippen LogP contribution in [0, 0.1) is 5.41 Å². The highest BCUT2D eigenvalue weighted by Gasteiger charge is 2.42. The summed E-state index contributed by atoms with van der Waals surface area (Å²) in [7, 11) is 1.58. The molecule has 2 saturated heterocycles. The van der Waals surface area contributed by atoms with E-state index in [-0.39, 0.29) is 17.2 Å². The quantitative estimate of drug-likeness (QED) is 0.560. The Morgan fingerprint density at radius 1 is 1.14 bits per heavy atom. The predicted molar refractivity (Wildman–Crippen MR) is 51.5 cm³/mol. The summed E-state index contributed by atoms with van der Waals surface area (Å²) in [5.41, 5.74) is -0.0219. The Morgan fingerprint density at radius 2 is 1.64 bits per heavy atom. The van der Waals surface area contributed by atoms with Gasteiger partial charge in [-0.2, -0.15) is 0 Å². The van der Waals surface area contributed by atoms with Gasteiger partial charge in [0, 0.05) is 19.9 Å². The van der Waals surface area contributed by atoms with Gasteiger partial charge in [-0.25, -0.2) is 0 Å². The fourth-order valence-corrected chi connectivity index (χ4v) is 2.39. The summed E-state index contributed by atoms with van der Waals surface area (Å²) in [6, 6.07) is 0. The van der Waals surface area contributed by atoms with Crippen molar-refractivity contribution in [2.45, 2.75) is 25.7 Å². The molecule has 0 unspecified atom stereocenters. The largest absolute Gasteiger partial charge is 0.317 e. The van der Waals surface area contributed by atoms with Gasteiger partial charge in [0.05, 0.1) is 0 Å². The van der Waals surface area contributed by atoms with Gasteiger partial charge in [0.2, 0.25) is 11.8 Å². The standard InChI is InChI=1S/C10H16N2O2/c1-12-8(13)6-10(7-9(12)14)2-4-11-5-3-10/h11H,2-7H2,1H3. The molecule has 0 atom stereocenters. The number of hydrogen-bond acceptors (Lipinski definition) is 3. The lowest BCUT2D eigenvalue weighted by Crippen LogP contribution is -2.49. The van der Waals surface area contributed by atoms with E-state index in [0.29, 0.717) is 12.8 Å². The maximum Gasteiger partial charge on any atom is 0.229 e. The molecule has 1 N–H and O–H groups in total. The van der Waals surface area contributed by atoms with E-state index in [2.05, 4.69) is 5.32 Å². The van der Waals surface area contributed by atoms with E-state index in [4.69, 9.17) is 0 Å². The number of likely N-dealkylation sites (tertiary alicyclic amines) is 1. The van der Waals surface area contributed by atoms with Crippen LogP contribution >= 0.6 is 0 Å². The topological polar surface area (TPSA) is 49.4 Å². The molecule has 2 heterocycles. The van der Waals surface area contributed by atoms with Crippen molar-refractivity contribution in [3.8, 4) is 0 Å². The highest BCUT2D eigenvalue weighted by Crippen LogP contribution is 2.40. The van der Waals surface area contributed by atoms with E-state index in [1.165, 1.54) is 4.90 Å². The molecular formula is C10H16N2O2. The first kappa shape index (κ1) is 9.65. The molecule has 0 aromatic rings. The average molecular weight is 196 g/mol. The van der Waals surface area contributed by atoms with Gasteiger partial charge in [-0.1, -0.05) is 0 Å². The van der Waals surface area contributed by atoms with Crippen molar-refractivity contribution in [3.63, 3.8) is 0 Å². The first-order valence-electron chi connectivity index (χ1n) is 5.13. The van der Waals surface area contributed by atoms with E-state index in [1.54, 1.807) is 7.05 Å². The van der Waals surface area contributed by atoms with E-state index >= 15 is 0 Å². The second kappa shape index (κ2) is 3.35. The number of nitrogens with one attached hydrogen (secondary N) is 1. The lowest BCUT2D eigenvalue weighted by atomic mass is 9.71. The van der Waals surface area contributed by atoms with Crippen LogP contribution in [-0.2, 0) is 9.59 Å². The van der Waals surface area contributed by atoms with Gasteiger partial charge in [0.1, 0.15) is 0 Å². The molecule has 2 aliphatic rings. The molecule has 2 rings (SSSR count). The van der Waals surface area contributed by atoms with Crippen LogP contribution in [0.3, 0.4) is 0 Å². The van der Waals surface area contributed by atoms with Crippen LogP contribution in [0.2, 0.25) is 0 Å². The monoisotopic (exact) mass is 196 g/mol. The molecule has 0 aliphatic carbocycles. The average Bonchev–Trinajstić information content (AvgIpc) is 2.15. The number of carbonyl (C=O) groups is 2. The van der Waals surface area contributed by atoms with Crippen molar-refractivity contribution in [1.82, 2.24) is 10.2 Å². The van der Waals surface area contributed by atoms with Gasteiger partial charge in [-0.05, 0) is 31.3 Å². The van der Waals surface area contributed by atoms with Crippen molar-refractivity contribution >= 4 is 11.8 Å². The molecule has 2 aliphatic heterocycles. The minimum atomic E-state index is -0.0219. The van der Waals surface area contributed by atoms with Crippen molar-refractivity contribution in [3.05, 3.63) is 0 Å². The molecule has 2 amide bonds. The Bertz CT molecular complexity index is 249. The number of nitrogens with zero attached hydrogens (tertiary/aromatic N) is 1. The number of carbonyl (C=O) groups excluding carboxylic acids is 2. The Labute approximate surface area is 83.6 Å². The summed E-state index contributed by atoms with van der Waals surface area (Å²) < 4.78 is 0. The fourth-order valence-electron chi connectivity index (χ4n) is 2.39. The van der Waals surface area contributed by atoms with Crippen LogP contribution in [0.4, 0.5) is 0 Å². The first-order chi connectivity index (χ1) is 6.63. The SMILES string of the molecule is CN1C(=O)CC2(CCNCC2)CC1=O. The predicted octanol–water partition coefficient (Wildman–Crippen LogP) is 0.135. The van der Waals surface area contributed by atoms with Crippen LogP contribution in [0.15, 0.2) is 0 Å². The number of imide groups is 1. The van der Waals surface area contributed by atoms with Crippen LogP contribution in [0.1, 0.15) is 25.7 Å². The summed E-state index contributed by atoms with van der Waals surface area (Å²) in [5.74, 6) is -0.0219.